The van der Waals surface area contributed by atoms with E-state index in [4.69, 9.17) is 4.74 Å². The largest absolute Gasteiger partial charge is 0.454 e. The fourth-order valence-corrected chi connectivity index (χ4v) is 3.54. The van der Waals surface area contributed by atoms with Gasteiger partial charge in [-0.15, -0.1) is 0 Å². The Hall–Kier alpha value is -2.88. The number of ketones is 1. The molecule has 0 aromatic heterocycles. The van der Waals surface area contributed by atoms with E-state index in [1.54, 1.807) is 18.2 Å². The van der Waals surface area contributed by atoms with E-state index in [-0.39, 0.29) is 17.8 Å². The van der Waals surface area contributed by atoms with Gasteiger partial charge < -0.3 is 9.64 Å². The third kappa shape index (κ3) is 3.52. The summed E-state index contributed by atoms with van der Waals surface area (Å²) in [7, 11) is 1.95. The van der Waals surface area contributed by atoms with Gasteiger partial charge in [-0.25, -0.2) is 4.79 Å². The van der Waals surface area contributed by atoms with Crippen molar-refractivity contribution in [1.29, 1.82) is 0 Å². The normalized spacial score (nSPS) is 16.3. The highest BCUT2D eigenvalue weighted by atomic mass is 16.5. The van der Waals surface area contributed by atoms with Crippen LogP contribution in [-0.4, -0.2) is 25.4 Å². The van der Waals surface area contributed by atoms with Crippen molar-refractivity contribution in [2.75, 3.05) is 18.6 Å². The van der Waals surface area contributed by atoms with E-state index in [9.17, 15) is 9.59 Å². The van der Waals surface area contributed by atoms with Crippen LogP contribution in [0.5, 0.6) is 0 Å². The molecule has 140 valence electrons. The molecule has 0 bridgehead atoms. The zero-order valence-corrected chi connectivity index (χ0v) is 16.5. The number of esters is 1. The second kappa shape index (κ2) is 7.03. The van der Waals surface area contributed by atoms with Crippen LogP contribution in [-0.2, 0) is 14.9 Å². The number of nitrogens with zero attached hydrogens (tertiary/aromatic N) is 1. The van der Waals surface area contributed by atoms with Crippen LogP contribution in [0.15, 0.2) is 54.2 Å². The number of hydrogen-bond acceptors (Lipinski definition) is 4. The molecule has 0 radical (unpaired) electrons. The maximum absolute atomic E-state index is 12.5. The van der Waals surface area contributed by atoms with Gasteiger partial charge >= 0.3 is 5.97 Å². The second-order valence-corrected chi connectivity index (χ2v) is 7.57. The molecular weight excluding hydrogens is 338 g/mol. The van der Waals surface area contributed by atoms with Crippen LogP contribution in [0.3, 0.4) is 0 Å². The number of carbonyl (C=O) groups excluding carboxylic acids is 2. The van der Waals surface area contributed by atoms with E-state index < -0.39 is 5.97 Å². The minimum absolute atomic E-state index is 0.227. The highest BCUT2D eigenvalue weighted by molar-refractivity contribution is 5.96. The summed E-state index contributed by atoms with van der Waals surface area (Å²) in [5, 5.41) is 0. The number of para-hydroxylation sites is 1. The van der Waals surface area contributed by atoms with Crippen LogP contribution in [0, 0.1) is 13.8 Å². The molecule has 0 saturated carbocycles. The Morgan fingerprint density at radius 1 is 1.07 bits per heavy atom. The first-order valence-electron chi connectivity index (χ1n) is 9.04. The Morgan fingerprint density at radius 3 is 2.44 bits per heavy atom. The molecule has 0 atom stereocenters. The molecule has 0 saturated heterocycles. The monoisotopic (exact) mass is 363 g/mol. The molecule has 3 rings (SSSR count). The Kier molecular flexibility index (Phi) is 4.92. The first-order valence-corrected chi connectivity index (χ1v) is 9.04. The predicted molar refractivity (Wildman–Crippen MR) is 107 cm³/mol. The van der Waals surface area contributed by atoms with Crippen molar-refractivity contribution in [3.63, 3.8) is 0 Å². The lowest BCUT2D eigenvalue weighted by Crippen LogP contribution is -2.25. The molecule has 2 aromatic carbocycles. The van der Waals surface area contributed by atoms with Crippen molar-refractivity contribution < 1.29 is 14.3 Å². The lowest BCUT2D eigenvalue weighted by molar-refractivity contribution is -0.117. The van der Waals surface area contributed by atoms with Gasteiger partial charge in [-0.05, 0) is 48.7 Å². The number of carbonyl (C=O) groups is 2. The molecule has 4 heteroatoms. The zero-order chi connectivity index (χ0) is 19.8. The zero-order valence-electron chi connectivity index (χ0n) is 16.5. The fourth-order valence-electron chi connectivity index (χ4n) is 3.54. The minimum Gasteiger partial charge on any atom is -0.454 e. The summed E-state index contributed by atoms with van der Waals surface area (Å²) in [6, 6.07) is 13.5. The van der Waals surface area contributed by atoms with E-state index in [2.05, 4.69) is 19.9 Å². The van der Waals surface area contributed by atoms with Gasteiger partial charge in [-0.3, -0.25) is 4.79 Å². The fraction of sp³-hybridized carbons (Fsp3) is 0.304. The molecule has 27 heavy (non-hydrogen) atoms. The van der Waals surface area contributed by atoms with Gasteiger partial charge in [0.2, 0.25) is 0 Å². The topological polar surface area (TPSA) is 46.6 Å². The van der Waals surface area contributed by atoms with Crippen LogP contribution < -0.4 is 4.90 Å². The Labute approximate surface area is 160 Å². The summed E-state index contributed by atoms with van der Waals surface area (Å²) in [6.07, 6.45) is 1.59. The maximum atomic E-state index is 12.5. The summed E-state index contributed by atoms with van der Waals surface area (Å²) < 4.78 is 5.22. The molecule has 0 amide bonds. The van der Waals surface area contributed by atoms with Gasteiger partial charge in [0.05, 0.1) is 5.56 Å². The van der Waals surface area contributed by atoms with Crippen molar-refractivity contribution >= 4 is 17.4 Å². The highest BCUT2D eigenvalue weighted by Gasteiger charge is 2.38. The number of ether oxygens (including phenoxy) is 1. The Morgan fingerprint density at radius 2 is 1.78 bits per heavy atom. The average molecular weight is 363 g/mol. The summed E-state index contributed by atoms with van der Waals surface area (Å²) in [5.74, 6) is -0.706. The van der Waals surface area contributed by atoms with Gasteiger partial charge in [0.25, 0.3) is 0 Å². The summed E-state index contributed by atoms with van der Waals surface area (Å²) in [6.45, 7) is 7.84. The number of aryl methyl sites for hydroxylation is 2. The first-order chi connectivity index (χ1) is 12.7. The smallest absolute Gasteiger partial charge is 0.338 e. The van der Waals surface area contributed by atoms with E-state index in [1.165, 1.54) is 5.56 Å². The maximum Gasteiger partial charge on any atom is 0.338 e. The van der Waals surface area contributed by atoms with Crippen molar-refractivity contribution in [2.24, 2.45) is 0 Å². The van der Waals surface area contributed by atoms with Gasteiger partial charge in [0.15, 0.2) is 12.4 Å². The van der Waals surface area contributed by atoms with Crippen LogP contribution in [0.2, 0.25) is 0 Å². The number of anilines is 1. The molecule has 4 nitrogen and oxygen atoms in total. The second-order valence-electron chi connectivity index (χ2n) is 7.57. The number of allylic oxidation sites excluding steroid dienone is 1. The molecule has 1 aliphatic rings. The number of likely N-dealkylation sites (N-methyl/N-ethyl adjacent to an activating group) is 1. The van der Waals surface area contributed by atoms with Gasteiger partial charge in [0.1, 0.15) is 0 Å². The molecule has 0 unspecified atom stereocenters. The number of benzene rings is 2. The molecule has 0 N–H and O–H groups in total. The van der Waals surface area contributed by atoms with Crippen LogP contribution in [0.1, 0.15) is 40.9 Å². The van der Waals surface area contributed by atoms with E-state index in [0.29, 0.717) is 5.56 Å². The van der Waals surface area contributed by atoms with Crippen molar-refractivity contribution in [3.8, 4) is 0 Å². The summed E-state index contributed by atoms with van der Waals surface area (Å²) in [4.78, 5) is 26.7. The van der Waals surface area contributed by atoms with Crippen LogP contribution in [0.4, 0.5) is 5.69 Å². The number of rotatable bonds is 4. The summed E-state index contributed by atoms with van der Waals surface area (Å²) >= 11 is 0. The van der Waals surface area contributed by atoms with Crippen molar-refractivity contribution in [3.05, 3.63) is 76.5 Å². The average Bonchev–Trinajstić information content (AvgIpc) is 2.83. The summed E-state index contributed by atoms with van der Waals surface area (Å²) in [5.41, 5.74) is 5.48. The Bertz CT molecular complexity index is 940. The molecular formula is C23H25NO3. The van der Waals surface area contributed by atoms with Gasteiger partial charge in [-0.1, -0.05) is 38.1 Å². The molecule has 1 aliphatic heterocycles. The number of fused-ring (bicyclic) bond motifs is 1. The minimum atomic E-state index is -0.479. The standard InChI is InChI=1S/C23H25NO3/c1-15-10-11-17(12-16(15)2)22(26)27-14-18(25)13-21-23(3,4)19-8-6-7-9-20(19)24(21)5/h6-13H,14H2,1-5H3. The molecule has 0 aliphatic carbocycles. The third-order valence-corrected chi connectivity index (χ3v) is 5.33. The third-order valence-electron chi connectivity index (χ3n) is 5.33. The molecule has 0 spiro atoms. The van der Waals surface area contributed by atoms with Crippen molar-refractivity contribution in [2.45, 2.75) is 33.1 Å². The molecule has 2 aromatic rings. The molecule has 1 heterocycles. The Balaban J connectivity index is 1.72. The van der Waals surface area contributed by atoms with Gasteiger partial charge in [-0.2, -0.15) is 0 Å². The lowest BCUT2D eigenvalue weighted by atomic mass is 9.83. The highest BCUT2D eigenvalue weighted by Crippen LogP contribution is 2.46. The quantitative estimate of drug-likeness (QED) is 0.599. The van der Waals surface area contributed by atoms with Crippen LogP contribution in [0.25, 0.3) is 0 Å². The SMILES string of the molecule is Cc1ccc(C(=O)OCC(=O)C=C2N(C)c3ccccc3C2(C)C)cc1C. The number of hydrogen-bond donors (Lipinski definition) is 0. The van der Waals surface area contributed by atoms with Crippen molar-refractivity contribution in [1.82, 2.24) is 0 Å². The van der Waals surface area contributed by atoms with E-state index in [1.807, 2.05) is 50.1 Å². The van der Waals surface area contributed by atoms with E-state index in [0.717, 1.165) is 22.5 Å². The predicted octanol–water partition coefficient (Wildman–Crippen LogP) is 4.34. The lowest BCUT2D eigenvalue weighted by Gasteiger charge is -2.23. The van der Waals surface area contributed by atoms with Crippen LogP contribution >= 0.6 is 0 Å². The van der Waals surface area contributed by atoms with Gasteiger partial charge in [0, 0.05) is 29.9 Å². The van der Waals surface area contributed by atoms with E-state index >= 15 is 0 Å². The molecule has 0 fully saturated rings. The first kappa shape index (κ1) is 18.9.